The molecule has 0 unspecified atom stereocenters. The lowest BCUT2D eigenvalue weighted by Crippen LogP contribution is -2.05. The summed E-state index contributed by atoms with van der Waals surface area (Å²) in [5.74, 6) is -0.428. The Morgan fingerprint density at radius 3 is 2.95 bits per heavy atom. The van der Waals surface area contributed by atoms with Gasteiger partial charge in [0.2, 0.25) is 0 Å². The lowest BCUT2D eigenvalue weighted by Gasteiger charge is -2.06. The number of ketones is 1. The first-order chi connectivity index (χ1) is 9.63. The van der Waals surface area contributed by atoms with E-state index in [1.807, 2.05) is 12.1 Å². The summed E-state index contributed by atoms with van der Waals surface area (Å²) in [6.07, 6.45) is 1.04. The minimum absolute atomic E-state index is 0.0489. The lowest BCUT2D eigenvalue weighted by atomic mass is 10.00. The van der Waals surface area contributed by atoms with Crippen LogP contribution in [0.15, 0.2) is 36.4 Å². The molecule has 3 rings (SSSR count). The van der Waals surface area contributed by atoms with E-state index >= 15 is 0 Å². The van der Waals surface area contributed by atoms with Crippen LogP contribution in [-0.4, -0.2) is 12.3 Å². The zero-order valence-corrected chi connectivity index (χ0v) is 11.5. The summed E-state index contributed by atoms with van der Waals surface area (Å²) >= 11 is 5.99. The second-order valence-electron chi connectivity index (χ2n) is 4.88. The van der Waals surface area contributed by atoms with Gasteiger partial charge in [-0.25, -0.2) is 4.39 Å². The number of benzene rings is 2. The van der Waals surface area contributed by atoms with Gasteiger partial charge < -0.3 is 5.32 Å². The molecule has 102 valence electrons. The van der Waals surface area contributed by atoms with Crippen LogP contribution in [0.5, 0.6) is 0 Å². The Hall–Kier alpha value is -1.87. The zero-order chi connectivity index (χ0) is 14.1. The number of Topliss-reactive ketones (excluding diaryl/α,β-unsaturated/α-hetero) is 1. The van der Waals surface area contributed by atoms with Crippen LogP contribution in [0, 0.1) is 5.82 Å². The Balaban J connectivity index is 1.84. The summed E-state index contributed by atoms with van der Waals surface area (Å²) in [5.41, 5.74) is 3.41. The van der Waals surface area contributed by atoms with E-state index in [0.29, 0.717) is 16.1 Å². The average molecular weight is 290 g/mol. The van der Waals surface area contributed by atoms with Crippen molar-refractivity contribution >= 4 is 23.1 Å². The Bertz CT molecular complexity index is 684. The van der Waals surface area contributed by atoms with Gasteiger partial charge in [0.1, 0.15) is 5.82 Å². The molecule has 1 aliphatic heterocycles. The summed E-state index contributed by atoms with van der Waals surface area (Å²) in [4.78, 5) is 12.3. The third-order valence-electron chi connectivity index (χ3n) is 3.50. The minimum Gasteiger partial charge on any atom is -0.384 e. The van der Waals surface area contributed by atoms with Crippen LogP contribution in [0.25, 0.3) is 0 Å². The normalized spacial score (nSPS) is 12.9. The van der Waals surface area contributed by atoms with Crippen molar-refractivity contribution in [1.29, 1.82) is 0 Å². The third kappa shape index (κ3) is 2.54. The van der Waals surface area contributed by atoms with Crippen molar-refractivity contribution in [2.75, 3.05) is 11.9 Å². The summed E-state index contributed by atoms with van der Waals surface area (Å²) in [5, 5.41) is 3.67. The second kappa shape index (κ2) is 5.25. The van der Waals surface area contributed by atoms with Crippen molar-refractivity contribution in [1.82, 2.24) is 0 Å². The van der Waals surface area contributed by atoms with Gasteiger partial charge in [-0.05, 0) is 53.9 Å². The summed E-state index contributed by atoms with van der Waals surface area (Å²) in [6, 6.07) is 9.71. The van der Waals surface area contributed by atoms with Crippen molar-refractivity contribution in [2.45, 2.75) is 12.8 Å². The molecule has 0 saturated carbocycles. The maximum atomic E-state index is 13.2. The van der Waals surface area contributed by atoms with Gasteiger partial charge in [0.15, 0.2) is 5.78 Å². The van der Waals surface area contributed by atoms with Crippen LogP contribution in [0.4, 0.5) is 10.1 Å². The molecule has 0 saturated heterocycles. The number of carbonyl (C=O) groups is 1. The van der Waals surface area contributed by atoms with Crippen LogP contribution in [0.3, 0.4) is 0 Å². The second-order valence-corrected chi connectivity index (χ2v) is 5.29. The summed E-state index contributed by atoms with van der Waals surface area (Å²) in [6.45, 7) is 0.905. The fourth-order valence-corrected chi connectivity index (χ4v) is 2.62. The first kappa shape index (κ1) is 13.1. The molecule has 0 amide bonds. The molecule has 2 aromatic rings. The van der Waals surface area contributed by atoms with E-state index < -0.39 is 0 Å². The topological polar surface area (TPSA) is 29.1 Å². The van der Waals surface area contributed by atoms with E-state index in [0.717, 1.165) is 24.2 Å². The van der Waals surface area contributed by atoms with Gasteiger partial charge >= 0.3 is 0 Å². The summed E-state index contributed by atoms with van der Waals surface area (Å²) < 4.78 is 13.2. The van der Waals surface area contributed by atoms with Crippen LogP contribution < -0.4 is 5.32 Å². The van der Waals surface area contributed by atoms with Crippen molar-refractivity contribution in [3.8, 4) is 0 Å². The van der Waals surface area contributed by atoms with E-state index in [2.05, 4.69) is 5.32 Å². The Kier molecular flexibility index (Phi) is 3.45. The van der Waals surface area contributed by atoms with Gasteiger partial charge in [0.25, 0.3) is 0 Å². The molecule has 0 atom stereocenters. The highest BCUT2D eigenvalue weighted by atomic mass is 35.5. The van der Waals surface area contributed by atoms with E-state index in [9.17, 15) is 9.18 Å². The van der Waals surface area contributed by atoms with Crippen molar-refractivity contribution in [3.05, 3.63) is 63.9 Å². The molecular weight excluding hydrogens is 277 g/mol. The number of carbonyl (C=O) groups excluding carboxylic acids is 1. The monoisotopic (exact) mass is 289 g/mol. The maximum Gasteiger partial charge on any atom is 0.167 e. The van der Waals surface area contributed by atoms with Gasteiger partial charge in [-0.2, -0.15) is 0 Å². The van der Waals surface area contributed by atoms with E-state index in [1.54, 1.807) is 6.07 Å². The molecule has 1 aliphatic rings. The van der Waals surface area contributed by atoms with E-state index in [1.165, 1.54) is 18.2 Å². The van der Waals surface area contributed by atoms with Gasteiger partial charge in [0.05, 0.1) is 0 Å². The fourth-order valence-electron chi connectivity index (χ4n) is 2.43. The smallest absolute Gasteiger partial charge is 0.167 e. The van der Waals surface area contributed by atoms with Crippen LogP contribution in [-0.2, 0) is 12.8 Å². The Morgan fingerprint density at radius 1 is 1.25 bits per heavy atom. The molecule has 0 aromatic heterocycles. The van der Waals surface area contributed by atoms with Gasteiger partial charge in [0, 0.05) is 29.2 Å². The molecular formula is C16H13ClFNO. The Labute approximate surface area is 121 Å². The molecule has 0 bridgehead atoms. The van der Waals surface area contributed by atoms with Crippen molar-refractivity contribution in [3.63, 3.8) is 0 Å². The first-order valence-electron chi connectivity index (χ1n) is 6.47. The molecule has 2 aromatic carbocycles. The molecule has 0 radical (unpaired) electrons. The SMILES string of the molecule is O=C(Cc1cc(F)ccc1Cl)c1ccc2c(c1)CCN2. The van der Waals surface area contributed by atoms with Crippen LogP contribution in [0.1, 0.15) is 21.5 Å². The van der Waals surface area contributed by atoms with Gasteiger partial charge in [-0.1, -0.05) is 11.6 Å². The van der Waals surface area contributed by atoms with Gasteiger partial charge in [-0.3, -0.25) is 4.79 Å². The quantitative estimate of drug-likeness (QED) is 0.869. The van der Waals surface area contributed by atoms with E-state index in [4.69, 9.17) is 11.6 Å². The standard InChI is InChI=1S/C16H13ClFNO/c17-14-3-2-13(18)8-12(14)9-16(20)11-1-4-15-10(7-11)5-6-19-15/h1-4,7-8,19H,5-6,9H2. The highest BCUT2D eigenvalue weighted by Crippen LogP contribution is 2.24. The number of rotatable bonds is 3. The Morgan fingerprint density at radius 2 is 2.10 bits per heavy atom. The number of fused-ring (bicyclic) bond motifs is 1. The van der Waals surface area contributed by atoms with Crippen LogP contribution >= 0.6 is 11.6 Å². The van der Waals surface area contributed by atoms with Crippen molar-refractivity contribution in [2.24, 2.45) is 0 Å². The van der Waals surface area contributed by atoms with Crippen LogP contribution in [0.2, 0.25) is 5.02 Å². The summed E-state index contributed by atoms with van der Waals surface area (Å²) in [7, 11) is 0. The molecule has 0 fully saturated rings. The number of nitrogens with one attached hydrogen (secondary N) is 1. The fraction of sp³-hybridized carbons (Fsp3) is 0.188. The van der Waals surface area contributed by atoms with Gasteiger partial charge in [-0.15, -0.1) is 0 Å². The lowest BCUT2D eigenvalue weighted by molar-refractivity contribution is 0.0993. The maximum absolute atomic E-state index is 13.2. The molecule has 0 aliphatic carbocycles. The number of anilines is 1. The number of halogens is 2. The van der Waals surface area contributed by atoms with Crippen molar-refractivity contribution < 1.29 is 9.18 Å². The highest BCUT2D eigenvalue weighted by molar-refractivity contribution is 6.31. The molecule has 1 heterocycles. The third-order valence-corrected chi connectivity index (χ3v) is 3.86. The first-order valence-corrected chi connectivity index (χ1v) is 6.85. The average Bonchev–Trinajstić information content (AvgIpc) is 2.90. The molecule has 1 N–H and O–H groups in total. The van der Waals surface area contributed by atoms with E-state index in [-0.39, 0.29) is 18.0 Å². The highest BCUT2D eigenvalue weighted by Gasteiger charge is 2.15. The minimum atomic E-state index is -0.379. The molecule has 0 spiro atoms. The predicted octanol–water partition coefficient (Wildman–Crippen LogP) is 3.87. The zero-order valence-electron chi connectivity index (χ0n) is 10.7. The largest absolute Gasteiger partial charge is 0.384 e. The molecule has 4 heteroatoms. The predicted molar refractivity (Wildman–Crippen MR) is 78.1 cm³/mol. The number of hydrogen-bond donors (Lipinski definition) is 1. The molecule has 20 heavy (non-hydrogen) atoms. The number of hydrogen-bond acceptors (Lipinski definition) is 2. The molecule has 2 nitrogen and oxygen atoms in total.